The van der Waals surface area contributed by atoms with Gasteiger partial charge in [-0.15, -0.1) is 5.10 Å². The van der Waals surface area contributed by atoms with E-state index in [2.05, 4.69) is 40.7 Å². The Balaban J connectivity index is 2.37. The molecule has 1 aromatic carbocycles. The van der Waals surface area contributed by atoms with Crippen LogP contribution < -0.4 is 0 Å². The Morgan fingerprint density at radius 2 is 1.94 bits per heavy atom. The molecule has 0 fully saturated rings. The van der Waals surface area contributed by atoms with Crippen LogP contribution in [0, 0.1) is 0 Å². The summed E-state index contributed by atoms with van der Waals surface area (Å²) in [5.41, 5.74) is 3.52. The number of rotatable bonds is 2. The van der Waals surface area contributed by atoms with Gasteiger partial charge in [0.2, 0.25) is 0 Å². The first kappa shape index (κ1) is 10.5. The molecule has 0 saturated carbocycles. The number of tetrazole rings is 1. The molecule has 4 heteroatoms. The SMILES string of the molecule is C/C=C(/C)c1ccc(-c2nnnn2C)cc1. The van der Waals surface area contributed by atoms with Gasteiger partial charge in [-0.05, 0) is 35.4 Å². The minimum Gasteiger partial charge on any atom is -0.229 e. The molecule has 1 heterocycles. The molecular weight excluding hydrogens is 200 g/mol. The maximum Gasteiger partial charge on any atom is 0.181 e. The van der Waals surface area contributed by atoms with Gasteiger partial charge in [0.05, 0.1) is 0 Å². The molecule has 0 unspecified atom stereocenters. The van der Waals surface area contributed by atoms with Crippen molar-refractivity contribution in [3.8, 4) is 11.4 Å². The molecule has 0 aliphatic heterocycles. The number of benzene rings is 1. The lowest BCUT2D eigenvalue weighted by atomic mass is 10.1. The molecule has 0 atom stereocenters. The lowest BCUT2D eigenvalue weighted by Crippen LogP contribution is -1.94. The Morgan fingerprint density at radius 3 is 2.44 bits per heavy atom. The standard InChI is InChI=1S/C12H14N4/c1-4-9(2)10-5-7-11(8-6-10)12-13-14-15-16(12)3/h4-8H,1-3H3/b9-4-. The maximum atomic E-state index is 3.97. The second-order valence-corrected chi connectivity index (χ2v) is 3.68. The van der Waals surface area contributed by atoms with Crippen LogP contribution in [0.3, 0.4) is 0 Å². The quantitative estimate of drug-likeness (QED) is 0.770. The van der Waals surface area contributed by atoms with Crippen LogP contribution in [-0.2, 0) is 7.05 Å². The predicted molar refractivity (Wildman–Crippen MR) is 63.6 cm³/mol. The first-order valence-electron chi connectivity index (χ1n) is 5.18. The van der Waals surface area contributed by atoms with Crippen LogP contribution in [0.15, 0.2) is 30.3 Å². The van der Waals surface area contributed by atoms with Gasteiger partial charge in [0.15, 0.2) is 5.82 Å². The Bertz CT molecular complexity index is 508. The summed E-state index contributed by atoms with van der Waals surface area (Å²) in [6.07, 6.45) is 2.10. The minimum atomic E-state index is 0.782. The van der Waals surface area contributed by atoms with Crippen molar-refractivity contribution >= 4 is 5.57 Å². The Hall–Kier alpha value is -1.97. The highest BCUT2D eigenvalue weighted by molar-refractivity contribution is 5.66. The highest BCUT2D eigenvalue weighted by Crippen LogP contribution is 2.19. The second kappa shape index (κ2) is 4.26. The summed E-state index contributed by atoms with van der Waals surface area (Å²) in [7, 11) is 1.83. The molecule has 0 saturated heterocycles. The van der Waals surface area contributed by atoms with Crippen molar-refractivity contribution in [3.63, 3.8) is 0 Å². The molecule has 82 valence electrons. The molecule has 0 radical (unpaired) electrons. The van der Waals surface area contributed by atoms with Gasteiger partial charge in [-0.2, -0.15) is 0 Å². The fourth-order valence-electron chi connectivity index (χ4n) is 1.52. The summed E-state index contributed by atoms with van der Waals surface area (Å²) >= 11 is 0. The van der Waals surface area contributed by atoms with Gasteiger partial charge in [-0.25, -0.2) is 4.68 Å². The zero-order valence-corrected chi connectivity index (χ0v) is 9.68. The summed E-state index contributed by atoms with van der Waals surface area (Å²) in [5.74, 6) is 0.782. The molecule has 4 nitrogen and oxygen atoms in total. The number of aryl methyl sites for hydroxylation is 1. The summed E-state index contributed by atoms with van der Waals surface area (Å²) < 4.78 is 1.66. The van der Waals surface area contributed by atoms with Gasteiger partial charge in [-0.1, -0.05) is 30.3 Å². The van der Waals surface area contributed by atoms with E-state index in [1.165, 1.54) is 11.1 Å². The van der Waals surface area contributed by atoms with E-state index in [0.717, 1.165) is 11.4 Å². The van der Waals surface area contributed by atoms with Crippen molar-refractivity contribution in [2.75, 3.05) is 0 Å². The van der Waals surface area contributed by atoms with Crippen LogP contribution >= 0.6 is 0 Å². The molecule has 2 rings (SSSR count). The lowest BCUT2D eigenvalue weighted by molar-refractivity contribution is 0.714. The average Bonchev–Trinajstić information content (AvgIpc) is 2.75. The highest BCUT2D eigenvalue weighted by atomic mass is 15.5. The van der Waals surface area contributed by atoms with Crippen LogP contribution in [0.4, 0.5) is 0 Å². The third kappa shape index (κ3) is 1.86. The first-order chi connectivity index (χ1) is 7.72. The fraction of sp³-hybridized carbons (Fsp3) is 0.250. The Morgan fingerprint density at radius 1 is 1.25 bits per heavy atom. The average molecular weight is 214 g/mol. The van der Waals surface area contributed by atoms with Crippen molar-refractivity contribution in [1.82, 2.24) is 20.2 Å². The van der Waals surface area contributed by atoms with Crippen LogP contribution in [0.2, 0.25) is 0 Å². The van der Waals surface area contributed by atoms with E-state index < -0.39 is 0 Å². The summed E-state index contributed by atoms with van der Waals surface area (Å²) in [6, 6.07) is 8.24. The van der Waals surface area contributed by atoms with Gasteiger partial charge in [-0.3, -0.25) is 0 Å². The Labute approximate surface area is 94.6 Å². The van der Waals surface area contributed by atoms with Crippen molar-refractivity contribution in [2.24, 2.45) is 7.05 Å². The summed E-state index contributed by atoms with van der Waals surface area (Å²) in [5, 5.41) is 11.4. The second-order valence-electron chi connectivity index (χ2n) is 3.68. The van der Waals surface area contributed by atoms with Crippen molar-refractivity contribution in [1.29, 1.82) is 0 Å². The molecule has 0 spiro atoms. The molecule has 0 N–H and O–H groups in total. The van der Waals surface area contributed by atoms with Gasteiger partial charge in [0.1, 0.15) is 0 Å². The van der Waals surface area contributed by atoms with E-state index >= 15 is 0 Å². The molecule has 1 aromatic heterocycles. The zero-order chi connectivity index (χ0) is 11.5. The van der Waals surface area contributed by atoms with Crippen molar-refractivity contribution in [3.05, 3.63) is 35.9 Å². The third-order valence-electron chi connectivity index (χ3n) is 2.65. The predicted octanol–water partition coefficient (Wildman–Crippen LogP) is 2.30. The largest absolute Gasteiger partial charge is 0.229 e. The maximum absolute atomic E-state index is 3.97. The van der Waals surface area contributed by atoms with E-state index in [0.29, 0.717) is 0 Å². The smallest absolute Gasteiger partial charge is 0.181 e. The number of hydrogen-bond donors (Lipinski definition) is 0. The van der Waals surface area contributed by atoms with E-state index in [1.807, 2.05) is 26.1 Å². The van der Waals surface area contributed by atoms with Gasteiger partial charge in [0, 0.05) is 12.6 Å². The van der Waals surface area contributed by atoms with Crippen LogP contribution in [0.25, 0.3) is 17.0 Å². The van der Waals surface area contributed by atoms with Gasteiger partial charge >= 0.3 is 0 Å². The molecule has 0 aliphatic rings. The minimum absolute atomic E-state index is 0.782. The molecule has 16 heavy (non-hydrogen) atoms. The third-order valence-corrected chi connectivity index (χ3v) is 2.65. The molecule has 2 aromatic rings. The topological polar surface area (TPSA) is 43.6 Å². The zero-order valence-electron chi connectivity index (χ0n) is 9.68. The number of allylic oxidation sites excluding steroid dienone is 2. The number of aromatic nitrogens is 4. The monoisotopic (exact) mass is 214 g/mol. The molecule has 0 bridgehead atoms. The van der Waals surface area contributed by atoms with E-state index in [4.69, 9.17) is 0 Å². The van der Waals surface area contributed by atoms with E-state index in [-0.39, 0.29) is 0 Å². The Kier molecular flexibility index (Phi) is 2.81. The van der Waals surface area contributed by atoms with Crippen LogP contribution in [0.5, 0.6) is 0 Å². The number of nitrogens with zero attached hydrogens (tertiary/aromatic N) is 4. The molecular formula is C12H14N4. The van der Waals surface area contributed by atoms with Gasteiger partial charge in [0.25, 0.3) is 0 Å². The number of hydrogen-bond acceptors (Lipinski definition) is 3. The molecule has 0 aliphatic carbocycles. The summed E-state index contributed by atoms with van der Waals surface area (Å²) in [4.78, 5) is 0. The normalized spacial score (nSPS) is 11.8. The van der Waals surface area contributed by atoms with Crippen molar-refractivity contribution < 1.29 is 0 Å². The van der Waals surface area contributed by atoms with Gasteiger partial charge < -0.3 is 0 Å². The van der Waals surface area contributed by atoms with Crippen LogP contribution in [-0.4, -0.2) is 20.2 Å². The first-order valence-corrected chi connectivity index (χ1v) is 5.18. The van der Waals surface area contributed by atoms with Crippen LogP contribution in [0.1, 0.15) is 19.4 Å². The van der Waals surface area contributed by atoms with Crippen molar-refractivity contribution in [2.45, 2.75) is 13.8 Å². The van der Waals surface area contributed by atoms with E-state index in [9.17, 15) is 0 Å². The lowest BCUT2D eigenvalue weighted by Gasteiger charge is -2.02. The van der Waals surface area contributed by atoms with E-state index in [1.54, 1.807) is 4.68 Å². The molecule has 0 amide bonds. The highest BCUT2D eigenvalue weighted by Gasteiger charge is 2.05. The summed E-state index contributed by atoms with van der Waals surface area (Å²) in [6.45, 7) is 4.13. The fourth-order valence-corrected chi connectivity index (χ4v) is 1.52.